The van der Waals surface area contributed by atoms with Crippen molar-refractivity contribution in [3.63, 3.8) is 0 Å². The average Bonchev–Trinajstić information content (AvgIpc) is 2.63. The van der Waals surface area contributed by atoms with E-state index in [0.717, 1.165) is 0 Å². The van der Waals surface area contributed by atoms with Crippen molar-refractivity contribution in [1.29, 1.82) is 0 Å². The highest BCUT2D eigenvalue weighted by Crippen LogP contribution is 2.21. The van der Waals surface area contributed by atoms with Crippen LogP contribution in [0, 0.1) is 0 Å². The molecule has 0 aliphatic carbocycles. The molecule has 0 atom stereocenters. The van der Waals surface area contributed by atoms with Gasteiger partial charge in [-0.25, -0.2) is 4.79 Å². The second-order valence-electron chi connectivity index (χ2n) is 5.80. The largest absolute Gasteiger partial charge is 0.493 e. The van der Waals surface area contributed by atoms with Crippen LogP contribution in [0.2, 0.25) is 0 Å². The number of ether oxygens (including phenoxy) is 2. The van der Waals surface area contributed by atoms with Gasteiger partial charge in [0.25, 0.3) is 5.91 Å². The first-order valence-electron chi connectivity index (χ1n) is 8.52. The highest BCUT2D eigenvalue weighted by atomic mass is 16.5. The average molecular weight is 353 g/mol. The zero-order chi connectivity index (χ0) is 18.9. The maximum atomic E-state index is 12.5. The summed E-state index contributed by atoms with van der Waals surface area (Å²) < 4.78 is 10.8. The molecular formula is C21H23NO4. The zero-order valence-corrected chi connectivity index (χ0v) is 15.2. The third-order valence-electron chi connectivity index (χ3n) is 3.37. The highest BCUT2D eigenvalue weighted by Gasteiger charge is 2.17. The van der Waals surface area contributed by atoms with Gasteiger partial charge in [-0.15, -0.1) is 0 Å². The van der Waals surface area contributed by atoms with Crippen molar-refractivity contribution < 1.29 is 19.1 Å². The van der Waals surface area contributed by atoms with E-state index < -0.39 is 5.97 Å². The Morgan fingerprint density at radius 2 is 1.69 bits per heavy atom. The summed E-state index contributed by atoms with van der Waals surface area (Å²) in [5, 5.41) is 2.65. The summed E-state index contributed by atoms with van der Waals surface area (Å²) >= 11 is 0. The van der Waals surface area contributed by atoms with Crippen LogP contribution in [0.3, 0.4) is 0 Å². The Hall–Kier alpha value is -3.08. The number of carbonyl (C=O) groups excluding carboxylic acids is 2. The minimum Gasteiger partial charge on any atom is -0.493 e. The van der Waals surface area contributed by atoms with Crippen LogP contribution in [0.25, 0.3) is 6.08 Å². The molecule has 0 radical (unpaired) electrons. The van der Waals surface area contributed by atoms with Gasteiger partial charge >= 0.3 is 5.97 Å². The molecule has 2 aromatic rings. The second kappa shape index (κ2) is 9.42. The summed E-state index contributed by atoms with van der Waals surface area (Å²) in [6.07, 6.45) is 1.26. The number of rotatable bonds is 7. The molecule has 0 heterocycles. The van der Waals surface area contributed by atoms with E-state index in [4.69, 9.17) is 9.47 Å². The van der Waals surface area contributed by atoms with E-state index in [1.165, 1.54) is 0 Å². The Kier molecular flexibility index (Phi) is 6.97. The summed E-state index contributed by atoms with van der Waals surface area (Å²) in [7, 11) is 0. The van der Waals surface area contributed by atoms with Crippen molar-refractivity contribution in [2.75, 3.05) is 6.61 Å². The van der Waals surface area contributed by atoms with Crippen molar-refractivity contribution >= 4 is 18.0 Å². The minimum absolute atomic E-state index is 0.0553. The van der Waals surface area contributed by atoms with Crippen molar-refractivity contribution in [2.24, 2.45) is 0 Å². The molecule has 2 rings (SSSR count). The van der Waals surface area contributed by atoms with E-state index in [9.17, 15) is 9.59 Å². The number of carbonyl (C=O) groups is 2. The lowest BCUT2D eigenvalue weighted by Gasteiger charge is -2.13. The number of hydrogen-bond acceptors (Lipinski definition) is 4. The molecular weight excluding hydrogens is 330 g/mol. The van der Waals surface area contributed by atoms with Gasteiger partial charge in [-0.1, -0.05) is 36.4 Å². The Labute approximate surface area is 153 Å². The van der Waals surface area contributed by atoms with Crippen LogP contribution in [-0.4, -0.2) is 24.6 Å². The molecule has 0 fully saturated rings. The molecule has 136 valence electrons. The van der Waals surface area contributed by atoms with Gasteiger partial charge in [-0.3, -0.25) is 4.79 Å². The molecule has 26 heavy (non-hydrogen) atoms. The van der Waals surface area contributed by atoms with E-state index in [0.29, 0.717) is 23.5 Å². The monoisotopic (exact) mass is 353 g/mol. The Morgan fingerprint density at radius 3 is 2.35 bits per heavy atom. The summed E-state index contributed by atoms with van der Waals surface area (Å²) in [6, 6.07) is 16.0. The number of hydrogen-bond donors (Lipinski definition) is 1. The van der Waals surface area contributed by atoms with Crippen molar-refractivity contribution in [3.8, 4) is 5.75 Å². The fourth-order valence-electron chi connectivity index (χ4n) is 2.25. The van der Waals surface area contributed by atoms with E-state index in [1.54, 1.807) is 50.3 Å². The van der Waals surface area contributed by atoms with Gasteiger partial charge < -0.3 is 14.8 Å². The van der Waals surface area contributed by atoms with Gasteiger partial charge in [0, 0.05) is 11.1 Å². The van der Waals surface area contributed by atoms with Crippen LogP contribution in [0.4, 0.5) is 0 Å². The first-order valence-corrected chi connectivity index (χ1v) is 8.52. The van der Waals surface area contributed by atoms with Crippen LogP contribution < -0.4 is 10.1 Å². The van der Waals surface area contributed by atoms with Crippen LogP contribution in [-0.2, 0) is 9.53 Å². The highest BCUT2D eigenvalue weighted by molar-refractivity contribution is 6.03. The van der Waals surface area contributed by atoms with E-state index in [1.807, 2.05) is 31.2 Å². The summed E-state index contributed by atoms with van der Waals surface area (Å²) in [5.41, 5.74) is 1.19. The number of amides is 1. The lowest BCUT2D eigenvalue weighted by Crippen LogP contribution is -2.29. The Balaban J connectivity index is 2.35. The van der Waals surface area contributed by atoms with Gasteiger partial charge in [0.1, 0.15) is 11.4 Å². The van der Waals surface area contributed by atoms with Gasteiger partial charge in [0.05, 0.1) is 12.7 Å². The second-order valence-corrected chi connectivity index (χ2v) is 5.80. The van der Waals surface area contributed by atoms with Gasteiger partial charge in [0.15, 0.2) is 0 Å². The third-order valence-corrected chi connectivity index (χ3v) is 3.37. The maximum absolute atomic E-state index is 12.5. The molecule has 2 aromatic carbocycles. The molecule has 0 saturated heterocycles. The minimum atomic E-state index is -0.601. The maximum Gasteiger partial charge on any atom is 0.355 e. The number of para-hydroxylation sites is 1. The molecule has 0 spiro atoms. The first kappa shape index (κ1) is 19.2. The van der Waals surface area contributed by atoms with E-state index in [2.05, 4.69) is 5.32 Å². The van der Waals surface area contributed by atoms with Gasteiger partial charge in [-0.2, -0.15) is 0 Å². The lowest BCUT2D eigenvalue weighted by molar-refractivity contribution is -0.142. The molecule has 0 aliphatic heterocycles. The summed E-state index contributed by atoms with van der Waals surface area (Å²) in [5.74, 6) is -0.360. The Morgan fingerprint density at radius 1 is 1.04 bits per heavy atom. The number of nitrogens with one attached hydrogen (secondary N) is 1. The topological polar surface area (TPSA) is 64.6 Å². The summed E-state index contributed by atoms with van der Waals surface area (Å²) in [4.78, 5) is 24.9. The fourth-order valence-corrected chi connectivity index (χ4v) is 2.25. The van der Waals surface area contributed by atoms with E-state index >= 15 is 0 Å². The van der Waals surface area contributed by atoms with Gasteiger partial charge in [-0.05, 0) is 45.0 Å². The molecule has 0 unspecified atom stereocenters. The molecule has 0 bridgehead atoms. The molecule has 1 amide bonds. The normalized spacial score (nSPS) is 11.2. The molecule has 0 aliphatic rings. The van der Waals surface area contributed by atoms with Crippen molar-refractivity contribution in [2.45, 2.75) is 26.9 Å². The zero-order valence-electron chi connectivity index (χ0n) is 15.2. The predicted molar refractivity (Wildman–Crippen MR) is 101 cm³/mol. The SMILES string of the molecule is CCOc1ccccc1/C=C(\NC(=O)c1ccccc1)C(=O)OC(C)C. The molecule has 5 heteroatoms. The van der Waals surface area contributed by atoms with Crippen molar-refractivity contribution in [1.82, 2.24) is 5.32 Å². The fraction of sp³-hybridized carbons (Fsp3) is 0.238. The quantitative estimate of drug-likeness (QED) is 0.607. The van der Waals surface area contributed by atoms with Gasteiger partial charge in [0.2, 0.25) is 0 Å². The van der Waals surface area contributed by atoms with Crippen LogP contribution in [0.5, 0.6) is 5.75 Å². The first-order chi connectivity index (χ1) is 12.5. The Bertz CT molecular complexity index is 782. The predicted octanol–water partition coefficient (Wildman–Crippen LogP) is 3.81. The lowest BCUT2D eigenvalue weighted by atomic mass is 10.1. The van der Waals surface area contributed by atoms with Crippen LogP contribution in [0.15, 0.2) is 60.3 Å². The molecule has 1 N–H and O–H groups in total. The standard InChI is InChI=1S/C21H23NO4/c1-4-25-19-13-9-8-12-17(19)14-18(21(24)26-15(2)3)22-20(23)16-10-6-5-7-11-16/h5-15H,4H2,1-3H3,(H,22,23)/b18-14-. The smallest absolute Gasteiger partial charge is 0.355 e. The number of esters is 1. The summed E-state index contributed by atoms with van der Waals surface area (Å²) in [6.45, 7) is 5.88. The molecule has 5 nitrogen and oxygen atoms in total. The van der Waals surface area contributed by atoms with Crippen molar-refractivity contribution in [3.05, 3.63) is 71.4 Å². The van der Waals surface area contributed by atoms with Crippen LogP contribution in [0.1, 0.15) is 36.7 Å². The molecule has 0 aromatic heterocycles. The number of benzene rings is 2. The third kappa shape index (κ3) is 5.48. The van der Waals surface area contributed by atoms with Crippen LogP contribution >= 0.6 is 0 Å². The van der Waals surface area contributed by atoms with E-state index in [-0.39, 0.29) is 17.7 Å². The molecule has 0 saturated carbocycles.